The van der Waals surface area contributed by atoms with Gasteiger partial charge in [0.25, 0.3) is 0 Å². The third-order valence-corrected chi connectivity index (χ3v) is 4.88. The second-order valence-corrected chi connectivity index (χ2v) is 6.40. The molecule has 3 aromatic carbocycles. The molecule has 5 heteroatoms. The number of benzene rings is 3. The first kappa shape index (κ1) is 16.9. The Balaban J connectivity index is 0.00000182. The molecule has 0 saturated carbocycles. The minimum absolute atomic E-state index is 0. The van der Waals surface area contributed by atoms with Gasteiger partial charge in [0.05, 0.1) is 12.2 Å². The Morgan fingerprint density at radius 1 is 0.800 bits per heavy atom. The zero-order valence-electron chi connectivity index (χ0n) is 12.8. The Morgan fingerprint density at radius 3 is 2.28 bits per heavy atom. The van der Waals surface area contributed by atoms with Gasteiger partial charge in [0.15, 0.2) is 0 Å². The summed E-state index contributed by atoms with van der Waals surface area (Å²) in [5.41, 5.74) is 1.37. The molecule has 0 unspecified atom stereocenters. The number of fused-ring (bicyclic) bond motifs is 1. The first-order valence-electron chi connectivity index (χ1n) is 7.59. The molecule has 1 aromatic heterocycles. The molecule has 0 aliphatic heterocycles. The van der Waals surface area contributed by atoms with E-state index < -0.39 is 0 Å². The summed E-state index contributed by atoms with van der Waals surface area (Å²) in [6.07, 6.45) is 0. The second-order valence-electron chi connectivity index (χ2n) is 5.50. The van der Waals surface area contributed by atoms with Crippen molar-refractivity contribution in [1.82, 2.24) is 8.52 Å². The fraction of sp³-hybridized carbons (Fsp3) is 0.100. The van der Waals surface area contributed by atoms with Gasteiger partial charge in [0.2, 0.25) is 0 Å². The third-order valence-electron chi connectivity index (χ3n) is 3.96. The van der Waals surface area contributed by atoms with E-state index in [1.54, 1.807) is 0 Å². The molecule has 25 heavy (non-hydrogen) atoms. The van der Waals surface area contributed by atoms with Crippen LogP contribution in [0.15, 0.2) is 82.4 Å². The highest BCUT2D eigenvalue weighted by atomic mass is 32.1. The van der Waals surface area contributed by atoms with Crippen molar-refractivity contribution in [3.8, 4) is 5.69 Å². The smallest absolute Gasteiger partial charge is 0.255 e. The lowest BCUT2D eigenvalue weighted by Gasteiger charge is -2.05. The first-order chi connectivity index (χ1) is 11.7. The van der Waals surface area contributed by atoms with Crippen molar-refractivity contribution in [2.24, 2.45) is 0 Å². The summed E-state index contributed by atoms with van der Waals surface area (Å²) in [5.74, 6) is 0. The SMILES string of the molecule is C.O=c1sn(-c2cccc3ccccc23)c(=O)n1Cc1ccccc1. The van der Waals surface area contributed by atoms with Crippen LogP contribution in [0.2, 0.25) is 0 Å². The lowest BCUT2D eigenvalue weighted by atomic mass is 10.1. The van der Waals surface area contributed by atoms with Gasteiger partial charge in [0.1, 0.15) is 0 Å². The lowest BCUT2D eigenvalue weighted by Crippen LogP contribution is -2.28. The summed E-state index contributed by atoms with van der Waals surface area (Å²) in [7, 11) is 0. The fourth-order valence-corrected chi connectivity index (χ4v) is 3.62. The predicted molar refractivity (Wildman–Crippen MR) is 104 cm³/mol. The maximum absolute atomic E-state index is 12.8. The topological polar surface area (TPSA) is 44.0 Å². The molecule has 0 fully saturated rings. The van der Waals surface area contributed by atoms with E-state index in [-0.39, 0.29) is 24.5 Å². The number of aromatic nitrogens is 2. The number of hydrogen-bond donors (Lipinski definition) is 0. The first-order valence-corrected chi connectivity index (χ1v) is 8.36. The minimum atomic E-state index is -0.301. The van der Waals surface area contributed by atoms with E-state index in [2.05, 4.69) is 0 Å². The molecule has 4 rings (SSSR count). The molecule has 4 aromatic rings. The van der Waals surface area contributed by atoms with Crippen molar-refractivity contribution < 1.29 is 0 Å². The van der Waals surface area contributed by atoms with Gasteiger partial charge < -0.3 is 0 Å². The summed E-state index contributed by atoms with van der Waals surface area (Å²) >= 11 is 0.940. The highest BCUT2D eigenvalue weighted by Gasteiger charge is 2.13. The molecule has 0 atom stereocenters. The Hall–Kier alpha value is -2.92. The van der Waals surface area contributed by atoms with Crippen LogP contribution in [0.1, 0.15) is 13.0 Å². The molecule has 0 aliphatic carbocycles. The summed E-state index contributed by atoms with van der Waals surface area (Å²) in [5, 5.41) is 1.99. The van der Waals surface area contributed by atoms with E-state index in [9.17, 15) is 9.59 Å². The van der Waals surface area contributed by atoms with Gasteiger partial charge in [-0.15, -0.1) is 0 Å². The van der Waals surface area contributed by atoms with Crippen molar-refractivity contribution in [3.05, 3.63) is 98.5 Å². The van der Waals surface area contributed by atoms with E-state index in [1.165, 1.54) is 8.52 Å². The zero-order chi connectivity index (χ0) is 16.5. The Kier molecular flexibility index (Phi) is 4.67. The molecule has 0 amide bonds. The van der Waals surface area contributed by atoms with Crippen LogP contribution in [0.4, 0.5) is 0 Å². The average Bonchev–Trinajstić information content (AvgIpc) is 2.90. The molecular weight excluding hydrogens is 332 g/mol. The molecule has 0 radical (unpaired) electrons. The Bertz CT molecular complexity index is 1120. The number of hydrogen-bond acceptors (Lipinski definition) is 3. The summed E-state index contributed by atoms with van der Waals surface area (Å²) in [6.45, 7) is 0.284. The van der Waals surface area contributed by atoms with Gasteiger partial charge in [-0.05, 0) is 17.0 Å². The normalized spacial score (nSPS) is 10.6. The van der Waals surface area contributed by atoms with Crippen molar-refractivity contribution in [2.75, 3.05) is 0 Å². The van der Waals surface area contributed by atoms with Crippen LogP contribution in [-0.4, -0.2) is 8.52 Å². The van der Waals surface area contributed by atoms with Gasteiger partial charge in [-0.2, -0.15) is 0 Å². The maximum Gasteiger partial charge on any atom is 0.346 e. The molecule has 0 saturated heterocycles. The molecule has 0 N–H and O–H groups in total. The molecule has 1 heterocycles. The van der Waals surface area contributed by atoms with E-state index in [1.807, 2.05) is 72.8 Å². The standard InChI is InChI=1S/C19H14N2O2S.CH4/c22-18-20(13-14-7-2-1-3-8-14)19(23)24-21(18)17-12-6-10-15-9-4-5-11-16(15)17;/h1-12H,13H2;1H4. The van der Waals surface area contributed by atoms with Crippen LogP contribution in [0.25, 0.3) is 16.5 Å². The van der Waals surface area contributed by atoms with E-state index in [0.29, 0.717) is 0 Å². The van der Waals surface area contributed by atoms with Gasteiger partial charge >= 0.3 is 10.6 Å². The summed E-state index contributed by atoms with van der Waals surface area (Å²) < 4.78 is 2.76. The van der Waals surface area contributed by atoms with Crippen LogP contribution in [0.3, 0.4) is 0 Å². The van der Waals surface area contributed by atoms with Gasteiger partial charge in [-0.3, -0.25) is 4.79 Å². The number of nitrogens with zero attached hydrogens (tertiary/aromatic N) is 2. The molecule has 0 aliphatic rings. The third kappa shape index (κ3) is 3.06. The van der Waals surface area contributed by atoms with Crippen LogP contribution in [-0.2, 0) is 6.54 Å². The largest absolute Gasteiger partial charge is 0.346 e. The van der Waals surface area contributed by atoms with Crippen molar-refractivity contribution in [1.29, 1.82) is 0 Å². The molecule has 0 bridgehead atoms. The maximum atomic E-state index is 12.8. The minimum Gasteiger partial charge on any atom is -0.255 e. The van der Waals surface area contributed by atoms with Gasteiger partial charge in [0, 0.05) is 16.9 Å². The van der Waals surface area contributed by atoms with Crippen LogP contribution >= 0.6 is 11.5 Å². The molecule has 0 spiro atoms. The zero-order valence-corrected chi connectivity index (χ0v) is 13.6. The Labute approximate surface area is 149 Å². The highest BCUT2D eigenvalue weighted by molar-refractivity contribution is 7.04. The monoisotopic (exact) mass is 350 g/mol. The van der Waals surface area contributed by atoms with Crippen molar-refractivity contribution >= 4 is 22.3 Å². The lowest BCUT2D eigenvalue weighted by molar-refractivity contribution is 0.723. The van der Waals surface area contributed by atoms with Crippen LogP contribution in [0.5, 0.6) is 0 Å². The molecule has 4 nitrogen and oxygen atoms in total. The molecule has 126 valence electrons. The van der Waals surface area contributed by atoms with Crippen LogP contribution in [0, 0.1) is 0 Å². The summed E-state index contributed by atoms with van der Waals surface area (Å²) in [4.78, 5) is 24.9. The van der Waals surface area contributed by atoms with Gasteiger partial charge in [-0.25, -0.2) is 13.3 Å². The van der Waals surface area contributed by atoms with E-state index in [4.69, 9.17) is 0 Å². The Morgan fingerprint density at radius 2 is 1.48 bits per heavy atom. The fourth-order valence-electron chi connectivity index (χ4n) is 2.79. The van der Waals surface area contributed by atoms with Crippen LogP contribution < -0.4 is 10.6 Å². The highest BCUT2D eigenvalue weighted by Crippen LogP contribution is 2.21. The predicted octanol–water partition coefficient (Wildman–Crippen LogP) is 3.90. The number of rotatable bonds is 3. The van der Waals surface area contributed by atoms with E-state index in [0.717, 1.165) is 33.6 Å². The molecular formula is C20H18N2O2S. The second kappa shape index (κ2) is 6.91. The van der Waals surface area contributed by atoms with Gasteiger partial charge in [-0.1, -0.05) is 74.2 Å². The van der Waals surface area contributed by atoms with Crippen molar-refractivity contribution in [3.63, 3.8) is 0 Å². The quantitative estimate of drug-likeness (QED) is 0.562. The van der Waals surface area contributed by atoms with E-state index >= 15 is 0 Å². The average molecular weight is 350 g/mol. The summed E-state index contributed by atoms with van der Waals surface area (Å²) in [6, 6.07) is 23.1. The van der Waals surface area contributed by atoms with Crippen molar-refractivity contribution in [2.45, 2.75) is 14.0 Å².